The van der Waals surface area contributed by atoms with Gasteiger partial charge in [0.2, 0.25) is 5.91 Å². The molecule has 0 radical (unpaired) electrons. The van der Waals surface area contributed by atoms with E-state index in [1.54, 1.807) is 24.3 Å². The topological polar surface area (TPSA) is 125 Å². The second-order valence-electron chi connectivity index (χ2n) is 4.52. The Hall–Kier alpha value is -3.41. The molecule has 0 bridgehead atoms. The third-order valence-corrected chi connectivity index (χ3v) is 3.89. The fourth-order valence-corrected chi connectivity index (χ4v) is 2.92. The van der Waals surface area contributed by atoms with Gasteiger partial charge >= 0.3 is 0 Å². The van der Waals surface area contributed by atoms with Crippen LogP contribution >= 0.6 is 11.3 Å². The Bertz CT molecular complexity index is 935. The third-order valence-electron chi connectivity index (χ3n) is 2.88. The van der Waals surface area contributed by atoms with E-state index in [4.69, 9.17) is 15.8 Å². The molecular formula is C15H10N6OS. The van der Waals surface area contributed by atoms with Crippen LogP contribution in [0.4, 0.5) is 10.8 Å². The second kappa shape index (κ2) is 6.57. The molecule has 112 valence electrons. The number of nitriles is 3. The van der Waals surface area contributed by atoms with E-state index in [9.17, 15) is 4.79 Å². The predicted molar refractivity (Wildman–Crippen MR) is 86.1 cm³/mol. The highest BCUT2D eigenvalue weighted by Gasteiger charge is 2.14. The second-order valence-corrected chi connectivity index (χ2v) is 5.52. The smallest absolute Gasteiger partial charge is 0.223 e. The highest BCUT2D eigenvalue weighted by molar-refractivity contribution is 7.23. The van der Waals surface area contributed by atoms with Gasteiger partial charge in [-0.2, -0.15) is 15.8 Å². The summed E-state index contributed by atoms with van der Waals surface area (Å²) in [5.41, 5.74) is 1.62. The van der Waals surface area contributed by atoms with Crippen LogP contribution in [0.2, 0.25) is 0 Å². The first-order valence-corrected chi connectivity index (χ1v) is 7.21. The summed E-state index contributed by atoms with van der Waals surface area (Å²) in [5, 5.41) is 32.9. The maximum absolute atomic E-state index is 11.2. The van der Waals surface area contributed by atoms with Crippen molar-refractivity contribution in [3.8, 4) is 18.2 Å². The van der Waals surface area contributed by atoms with E-state index in [0.29, 0.717) is 16.3 Å². The number of hydrogen-bond acceptors (Lipinski definition) is 7. The van der Waals surface area contributed by atoms with Crippen LogP contribution < -0.4 is 10.6 Å². The first kappa shape index (κ1) is 16.0. The van der Waals surface area contributed by atoms with Gasteiger partial charge in [0.1, 0.15) is 23.9 Å². The molecule has 8 heteroatoms. The average Bonchev–Trinajstić information content (AvgIpc) is 2.91. The highest BCUT2D eigenvalue weighted by atomic mass is 32.1. The molecule has 0 unspecified atom stereocenters. The lowest BCUT2D eigenvalue weighted by atomic mass is 10.1. The fourth-order valence-electron chi connectivity index (χ4n) is 1.86. The summed E-state index contributed by atoms with van der Waals surface area (Å²) in [6, 6.07) is 8.79. The zero-order valence-electron chi connectivity index (χ0n) is 12.3. The molecule has 2 aromatic rings. The lowest BCUT2D eigenvalue weighted by Gasteiger charge is -2.08. The van der Waals surface area contributed by atoms with Crippen molar-refractivity contribution in [3.63, 3.8) is 0 Å². The van der Waals surface area contributed by atoms with Gasteiger partial charge in [-0.25, -0.2) is 4.98 Å². The quantitative estimate of drug-likeness (QED) is 0.837. The zero-order valence-corrected chi connectivity index (χ0v) is 13.1. The molecule has 1 aromatic heterocycles. The van der Waals surface area contributed by atoms with Gasteiger partial charge in [-0.05, 0) is 18.6 Å². The number of carbonyl (C=O) groups excluding carboxylic acids is 1. The Morgan fingerprint density at radius 3 is 2.43 bits per heavy atom. The van der Waals surface area contributed by atoms with Gasteiger partial charge < -0.3 is 10.6 Å². The minimum atomic E-state index is -0.296. The highest BCUT2D eigenvalue weighted by Crippen LogP contribution is 2.35. The molecule has 0 fully saturated rings. The molecule has 0 aliphatic rings. The van der Waals surface area contributed by atoms with E-state index >= 15 is 0 Å². The third kappa shape index (κ3) is 3.26. The number of rotatable bonds is 3. The number of nitrogens with one attached hydrogen (secondary N) is 2. The number of thiazole rings is 1. The van der Waals surface area contributed by atoms with Crippen LogP contribution in [0.25, 0.3) is 10.2 Å². The van der Waals surface area contributed by atoms with Crippen molar-refractivity contribution in [2.24, 2.45) is 0 Å². The van der Waals surface area contributed by atoms with Crippen molar-refractivity contribution in [2.45, 2.75) is 13.8 Å². The summed E-state index contributed by atoms with van der Waals surface area (Å²) in [4.78, 5) is 15.4. The predicted octanol–water partition coefficient (Wildman–Crippen LogP) is 2.80. The number of fused-ring (bicyclic) bond motifs is 1. The molecule has 0 atom stereocenters. The number of aryl methyl sites for hydroxylation is 1. The van der Waals surface area contributed by atoms with E-state index in [1.807, 2.05) is 13.0 Å². The fraction of sp³-hybridized carbons (Fsp3) is 0.133. The number of aromatic nitrogens is 1. The summed E-state index contributed by atoms with van der Waals surface area (Å²) in [7, 11) is 0. The standard InChI is InChI=1S/C15H10N6OS/c1-8-3-4-11-14(23-15(21-11)19-9(2)22)13(8)20-12(7-18)10(5-16)6-17/h3-4,20H,1-2H3,(H,19,21,22). The molecule has 2 N–H and O–H groups in total. The van der Waals surface area contributed by atoms with Gasteiger partial charge in [0, 0.05) is 6.92 Å². The summed E-state index contributed by atoms with van der Waals surface area (Å²) in [5.74, 6) is -0.232. The van der Waals surface area contributed by atoms with Crippen molar-refractivity contribution in [1.82, 2.24) is 4.98 Å². The summed E-state index contributed by atoms with van der Waals surface area (Å²) in [6.07, 6.45) is 0. The molecule has 23 heavy (non-hydrogen) atoms. The van der Waals surface area contributed by atoms with Crippen LogP contribution in [0, 0.1) is 40.9 Å². The SMILES string of the molecule is CC(=O)Nc1nc2ccc(C)c(NC(C#N)=C(C#N)C#N)c2s1. The zero-order chi connectivity index (χ0) is 17.0. The monoisotopic (exact) mass is 322 g/mol. The van der Waals surface area contributed by atoms with E-state index in [-0.39, 0.29) is 17.2 Å². The average molecular weight is 322 g/mol. The van der Waals surface area contributed by atoms with Gasteiger partial charge in [-0.1, -0.05) is 17.4 Å². The Morgan fingerprint density at radius 2 is 1.87 bits per heavy atom. The minimum absolute atomic E-state index is 0.125. The van der Waals surface area contributed by atoms with Crippen LogP contribution in [0.5, 0.6) is 0 Å². The van der Waals surface area contributed by atoms with Gasteiger partial charge in [0.25, 0.3) is 0 Å². The lowest BCUT2D eigenvalue weighted by molar-refractivity contribution is -0.114. The van der Waals surface area contributed by atoms with E-state index in [2.05, 4.69) is 15.6 Å². The van der Waals surface area contributed by atoms with Crippen molar-refractivity contribution >= 4 is 38.3 Å². The van der Waals surface area contributed by atoms with Gasteiger partial charge in [0.05, 0.1) is 15.9 Å². The van der Waals surface area contributed by atoms with Gasteiger partial charge in [0.15, 0.2) is 10.7 Å². The molecule has 0 saturated heterocycles. The maximum Gasteiger partial charge on any atom is 0.223 e. The molecule has 1 aromatic carbocycles. The van der Waals surface area contributed by atoms with Crippen LogP contribution in [0.1, 0.15) is 12.5 Å². The van der Waals surface area contributed by atoms with Crippen molar-refractivity contribution in [2.75, 3.05) is 10.6 Å². The first-order valence-electron chi connectivity index (χ1n) is 6.39. The number of benzene rings is 1. The molecule has 1 heterocycles. The Balaban J connectivity index is 2.59. The van der Waals surface area contributed by atoms with Crippen LogP contribution in [-0.4, -0.2) is 10.9 Å². The minimum Gasteiger partial charge on any atom is -0.344 e. The molecule has 2 rings (SSSR count). The van der Waals surface area contributed by atoms with E-state index < -0.39 is 0 Å². The van der Waals surface area contributed by atoms with Crippen molar-refractivity contribution in [1.29, 1.82) is 15.8 Å². The molecule has 7 nitrogen and oxygen atoms in total. The molecule has 0 saturated carbocycles. The largest absolute Gasteiger partial charge is 0.344 e. The van der Waals surface area contributed by atoms with E-state index in [0.717, 1.165) is 10.3 Å². The first-order chi connectivity index (χ1) is 11.0. The normalized spacial score (nSPS) is 9.35. The van der Waals surface area contributed by atoms with Crippen molar-refractivity contribution in [3.05, 3.63) is 29.0 Å². The molecule has 0 aliphatic carbocycles. The lowest BCUT2D eigenvalue weighted by Crippen LogP contribution is -2.04. The summed E-state index contributed by atoms with van der Waals surface area (Å²) < 4.78 is 0.719. The molecule has 1 amide bonds. The number of carbonyl (C=O) groups is 1. The van der Waals surface area contributed by atoms with Gasteiger partial charge in [-0.15, -0.1) is 0 Å². The van der Waals surface area contributed by atoms with E-state index in [1.165, 1.54) is 18.3 Å². The Morgan fingerprint density at radius 1 is 1.17 bits per heavy atom. The molecule has 0 aliphatic heterocycles. The summed E-state index contributed by atoms with van der Waals surface area (Å²) >= 11 is 1.24. The number of nitrogens with zero attached hydrogens (tertiary/aromatic N) is 4. The van der Waals surface area contributed by atoms with Crippen LogP contribution in [0.3, 0.4) is 0 Å². The number of anilines is 2. The summed E-state index contributed by atoms with van der Waals surface area (Å²) in [6.45, 7) is 3.21. The van der Waals surface area contributed by atoms with Crippen LogP contribution in [-0.2, 0) is 4.79 Å². The molecule has 0 spiro atoms. The van der Waals surface area contributed by atoms with Gasteiger partial charge in [-0.3, -0.25) is 4.79 Å². The maximum atomic E-state index is 11.2. The number of amides is 1. The Kier molecular flexibility index (Phi) is 4.56. The van der Waals surface area contributed by atoms with Crippen molar-refractivity contribution < 1.29 is 4.79 Å². The number of hydrogen-bond donors (Lipinski definition) is 2. The Labute approximate surface area is 136 Å². The number of allylic oxidation sites excluding steroid dienone is 2. The van der Waals surface area contributed by atoms with Crippen LogP contribution in [0.15, 0.2) is 23.4 Å². The molecular weight excluding hydrogens is 312 g/mol.